The van der Waals surface area contributed by atoms with Crippen LogP contribution in [0.1, 0.15) is 24.6 Å². The number of hydrogen-bond donors (Lipinski definition) is 1. The number of thiazole rings is 1. The lowest BCUT2D eigenvalue weighted by atomic mass is 10.1. The summed E-state index contributed by atoms with van der Waals surface area (Å²) < 4.78 is 14.4. The molecule has 1 aliphatic rings. The molecule has 1 aromatic heterocycles. The molecule has 1 fully saturated rings. The van der Waals surface area contributed by atoms with Crippen LogP contribution in [0.25, 0.3) is 11.3 Å². The van der Waals surface area contributed by atoms with Crippen LogP contribution in [0.4, 0.5) is 15.2 Å². The fourth-order valence-corrected chi connectivity index (χ4v) is 3.57. The Morgan fingerprint density at radius 3 is 2.80 bits per heavy atom. The lowest BCUT2D eigenvalue weighted by Crippen LogP contribution is -2.27. The molecule has 0 saturated carbocycles. The Labute approximate surface area is 122 Å². The van der Waals surface area contributed by atoms with Gasteiger partial charge in [0.1, 0.15) is 5.82 Å². The number of nitrogen functional groups attached to an aromatic ring is 1. The average molecular weight is 291 g/mol. The molecule has 3 nitrogen and oxygen atoms in total. The minimum atomic E-state index is -0.178. The van der Waals surface area contributed by atoms with Crippen LogP contribution in [0.3, 0.4) is 0 Å². The standard InChI is InChI=1S/C15H18FN3S/c1-9-4-3-7-19(9)13-6-5-11(8-12(13)16)14-10(2)20-15(17)18-14/h5-6,8-9H,3-4,7H2,1-2H3,(H2,17,18)/t9-/m0/s1. The highest BCUT2D eigenvalue weighted by atomic mass is 32.1. The number of hydrogen-bond acceptors (Lipinski definition) is 4. The normalized spacial score (nSPS) is 18.8. The van der Waals surface area contributed by atoms with Crippen LogP contribution >= 0.6 is 11.3 Å². The van der Waals surface area contributed by atoms with Crippen molar-refractivity contribution < 1.29 is 4.39 Å². The maximum absolute atomic E-state index is 14.4. The first-order valence-corrected chi connectivity index (χ1v) is 7.67. The third kappa shape index (κ3) is 2.26. The number of rotatable bonds is 2. The molecule has 0 unspecified atom stereocenters. The third-order valence-electron chi connectivity index (χ3n) is 3.90. The molecule has 0 bridgehead atoms. The zero-order valence-electron chi connectivity index (χ0n) is 11.7. The van der Waals surface area contributed by atoms with Crippen molar-refractivity contribution in [3.8, 4) is 11.3 Å². The number of halogens is 1. The number of benzene rings is 1. The third-order valence-corrected chi connectivity index (χ3v) is 4.70. The minimum Gasteiger partial charge on any atom is -0.375 e. The Kier molecular flexibility index (Phi) is 3.38. The van der Waals surface area contributed by atoms with E-state index in [4.69, 9.17) is 5.73 Å². The highest BCUT2D eigenvalue weighted by molar-refractivity contribution is 7.15. The molecule has 2 N–H and O–H groups in total. The van der Waals surface area contributed by atoms with Gasteiger partial charge in [-0.25, -0.2) is 9.37 Å². The van der Waals surface area contributed by atoms with Crippen molar-refractivity contribution in [2.75, 3.05) is 17.2 Å². The summed E-state index contributed by atoms with van der Waals surface area (Å²) in [5, 5.41) is 0.523. The molecule has 20 heavy (non-hydrogen) atoms. The Hall–Kier alpha value is -1.62. The number of aromatic nitrogens is 1. The van der Waals surface area contributed by atoms with Crippen LogP contribution in [0.15, 0.2) is 18.2 Å². The lowest BCUT2D eigenvalue weighted by Gasteiger charge is -2.24. The Morgan fingerprint density at radius 2 is 2.25 bits per heavy atom. The van der Waals surface area contributed by atoms with Crippen molar-refractivity contribution in [3.05, 3.63) is 28.9 Å². The molecule has 106 valence electrons. The fourth-order valence-electron chi connectivity index (χ4n) is 2.86. The predicted molar refractivity (Wildman–Crippen MR) is 82.7 cm³/mol. The van der Waals surface area contributed by atoms with E-state index in [1.807, 2.05) is 19.1 Å². The van der Waals surface area contributed by atoms with Crippen molar-refractivity contribution in [2.24, 2.45) is 0 Å². The maximum atomic E-state index is 14.4. The quantitative estimate of drug-likeness (QED) is 0.914. The van der Waals surface area contributed by atoms with E-state index in [0.717, 1.165) is 35.5 Å². The minimum absolute atomic E-state index is 0.178. The van der Waals surface area contributed by atoms with Gasteiger partial charge in [-0.3, -0.25) is 0 Å². The molecule has 1 aromatic carbocycles. The smallest absolute Gasteiger partial charge is 0.180 e. The van der Waals surface area contributed by atoms with Crippen LogP contribution in [0, 0.1) is 12.7 Å². The maximum Gasteiger partial charge on any atom is 0.180 e. The zero-order chi connectivity index (χ0) is 14.3. The van der Waals surface area contributed by atoms with Crippen LogP contribution in [-0.4, -0.2) is 17.6 Å². The number of nitrogens with two attached hydrogens (primary N) is 1. The molecule has 5 heteroatoms. The van der Waals surface area contributed by atoms with E-state index in [-0.39, 0.29) is 5.82 Å². The van der Waals surface area contributed by atoms with E-state index in [1.165, 1.54) is 11.3 Å². The van der Waals surface area contributed by atoms with E-state index < -0.39 is 0 Å². The van der Waals surface area contributed by atoms with E-state index in [9.17, 15) is 4.39 Å². The van der Waals surface area contributed by atoms with Crippen molar-refractivity contribution >= 4 is 22.2 Å². The van der Waals surface area contributed by atoms with Gasteiger partial charge in [-0.05, 0) is 38.8 Å². The summed E-state index contributed by atoms with van der Waals surface area (Å²) >= 11 is 1.43. The number of anilines is 2. The summed E-state index contributed by atoms with van der Waals surface area (Å²) in [6.45, 7) is 5.03. The SMILES string of the molecule is Cc1sc(N)nc1-c1ccc(N2CCC[C@@H]2C)c(F)c1. The van der Waals surface area contributed by atoms with Crippen LogP contribution < -0.4 is 10.6 Å². The Morgan fingerprint density at radius 1 is 1.45 bits per heavy atom. The van der Waals surface area contributed by atoms with Gasteiger partial charge in [0.25, 0.3) is 0 Å². The van der Waals surface area contributed by atoms with Crippen LogP contribution in [-0.2, 0) is 0 Å². The van der Waals surface area contributed by atoms with E-state index in [2.05, 4.69) is 16.8 Å². The van der Waals surface area contributed by atoms with E-state index in [0.29, 0.717) is 16.9 Å². The zero-order valence-corrected chi connectivity index (χ0v) is 12.5. The summed E-state index contributed by atoms with van der Waals surface area (Å²) in [6, 6.07) is 5.78. The van der Waals surface area contributed by atoms with Crippen molar-refractivity contribution in [1.29, 1.82) is 0 Å². The highest BCUT2D eigenvalue weighted by Crippen LogP contribution is 2.33. The van der Waals surface area contributed by atoms with Gasteiger partial charge in [0, 0.05) is 23.0 Å². The molecule has 0 radical (unpaired) electrons. The van der Waals surface area contributed by atoms with Gasteiger partial charge in [0.05, 0.1) is 11.4 Å². The molecule has 0 aliphatic carbocycles. The van der Waals surface area contributed by atoms with Gasteiger partial charge in [-0.1, -0.05) is 6.07 Å². The van der Waals surface area contributed by atoms with Crippen molar-refractivity contribution in [2.45, 2.75) is 32.7 Å². The highest BCUT2D eigenvalue weighted by Gasteiger charge is 2.23. The molecular weight excluding hydrogens is 273 g/mol. The summed E-state index contributed by atoms with van der Waals surface area (Å²) in [5.74, 6) is -0.178. The second-order valence-electron chi connectivity index (χ2n) is 5.31. The molecule has 2 heterocycles. The lowest BCUT2D eigenvalue weighted by molar-refractivity contribution is 0.614. The van der Waals surface area contributed by atoms with Crippen molar-refractivity contribution in [1.82, 2.24) is 4.98 Å². The van der Waals surface area contributed by atoms with Gasteiger partial charge in [0.15, 0.2) is 5.13 Å². The van der Waals surface area contributed by atoms with Gasteiger partial charge in [-0.2, -0.15) is 0 Å². The molecule has 1 saturated heterocycles. The monoisotopic (exact) mass is 291 g/mol. The first-order valence-electron chi connectivity index (χ1n) is 6.85. The first kappa shape index (κ1) is 13.4. The second-order valence-corrected chi connectivity index (χ2v) is 6.54. The van der Waals surface area contributed by atoms with Gasteiger partial charge >= 0.3 is 0 Å². The summed E-state index contributed by atoms with van der Waals surface area (Å²) in [4.78, 5) is 7.44. The van der Waals surface area contributed by atoms with Crippen LogP contribution in [0.5, 0.6) is 0 Å². The molecule has 0 spiro atoms. The largest absolute Gasteiger partial charge is 0.375 e. The summed E-state index contributed by atoms with van der Waals surface area (Å²) in [7, 11) is 0. The topological polar surface area (TPSA) is 42.1 Å². The molecule has 2 aromatic rings. The molecule has 0 amide bonds. The van der Waals surface area contributed by atoms with E-state index in [1.54, 1.807) is 6.07 Å². The predicted octanol–water partition coefficient (Wildman–Crippen LogP) is 3.83. The first-order chi connectivity index (χ1) is 9.56. The molecular formula is C15H18FN3S. The van der Waals surface area contributed by atoms with Crippen molar-refractivity contribution in [3.63, 3.8) is 0 Å². The van der Waals surface area contributed by atoms with Gasteiger partial charge in [0.2, 0.25) is 0 Å². The summed E-state index contributed by atoms with van der Waals surface area (Å²) in [6.07, 6.45) is 2.26. The Bertz CT molecular complexity index is 638. The molecule has 1 atom stereocenters. The average Bonchev–Trinajstić information content (AvgIpc) is 2.95. The Balaban J connectivity index is 1.97. The molecule has 1 aliphatic heterocycles. The van der Waals surface area contributed by atoms with E-state index >= 15 is 0 Å². The van der Waals surface area contributed by atoms with Gasteiger partial charge in [-0.15, -0.1) is 11.3 Å². The van der Waals surface area contributed by atoms with Gasteiger partial charge < -0.3 is 10.6 Å². The second kappa shape index (κ2) is 5.05. The fraction of sp³-hybridized carbons (Fsp3) is 0.400. The number of nitrogens with zero attached hydrogens (tertiary/aromatic N) is 2. The summed E-state index contributed by atoms with van der Waals surface area (Å²) in [5.41, 5.74) is 7.98. The number of aryl methyl sites for hydroxylation is 1. The van der Waals surface area contributed by atoms with Crippen LogP contribution in [0.2, 0.25) is 0 Å². The molecule has 3 rings (SSSR count).